The Morgan fingerprint density at radius 3 is 2.82 bits per heavy atom. The van der Waals surface area contributed by atoms with Gasteiger partial charge in [-0.15, -0.1) is 0 Å². The molecule has 2 bridgehead atoms. The topological polar surface area (TPSA) is 48.9 Å². The van der Waals surface area contributed by atoms with Crippen molar-refractivity contribution >= 4 is 5.96 Å². The van der Waals surface area contributed by atoms with Crippen LogP contribution < -0.4 is 10.6 Å². The third-order valence-corrected chi connectivity index (χ3v) is 5.64. The van der Waals surface area contributed by atoms with E-state index in [1.54, 1.807) is 0 Å². The van der Waals surface area contributed by atoms with E-state index in [1.165, 1.54) is 38.6 Å². The molecule has 3 aliphatic rings. The van der Waals surface area contributed by atoms with Crippen LogP contribution in [0.3, 0.4) is 0 Å². The minimum atomic E-state index is 0.392. The Bertz CT molecular complexity index is 400. The Morgan fingerprint density at radius 2 is 2.18 bits per heavy atom. The van der Waals surface area contributed by atoms with E-state index in [0.29, 0.717) is 30.3 Å². The SMILES string of the molecule is CN=C(NCC(C)N1CCCCC1C)NC1CC2CCC1O2. The molecule has 0 aromatic rings. The molecule has 5 atom stereocenters. The molecule has 0 amide bonds. The number of hydrogen-bond acceptors (Lipinski definition) is 3. The van der Waals surface area contributed by atoms with Crippen LogP contribution in [0.25, 0.3) is 0 Å². The lowest BCUT2D eigenvalue weighted by atomic mass is 9.96. The van der Waals surface area contributed by atoms with Crippen LogP contribution >= 0.6 is 0 Å². The predicted octanol–water partition coefficient (Wildman–Crippen LogP) is 1.73. The zero-order valence-electron chi connectivity index (χ0n) is 14.3. The highest BCUT2D eigenvalue weighted by Gasteiger charge is 2.41. The monoisotopic (exact) mass is 308 g/mol. The lowest BCUT2D eigenvalue weighted by Crippen LogP contribution is -2.52. The molecule has 0 spiro atoms. The van der Waals surface area contributed by atoms with Crippen LogP contribution in [0.15, 0.2) is 4.99 Å². The largest absolute Gasteiger partial charge is 0.373 e. The first-order chi connectivity index (χ1) is 10.7. The van der Waals surface area contributed by atoms with E-state index in [-0.39, 0.29) is 0 Å². The fourth-order valence-corrected chi connectivity index (χ4v) is 4.30. The molecule has 3 fully saturated rings. The van der Waals surface area contributed by atoms with E-state index in [1.807, 2.05) is 7.05 Å². The summed E-state index contributed by atoms with van der Waals surface area (Å²) in [5, 5.41) is 7.08. The van der Waals surface area contributed by atoms with Gasteiger partial charge < -0.3 is 15.4 Å². The fraction of sp³-hybridized carbons (Fsp3) is 0.941. The zero-order valence-corrected chi connectivity index (χ0v) is 14.3. The van der Waals surface area contributed by atoms with Gasteiger partial charge in [0.25, 0.3) is 0 Å². The van der Waals surface area contributed by atoms with Crippen LogP contribution in [0, 0.1) is 0 Å². The van der Waals surface area contributed by atoms with Gasteiger partial charge in [0.1, 0.15) is 0 Å². The molecule has 3 heterocycles. The lowest BCUT2D eigenvalue weighted by molar-refractivity contribution is 0.0991. The minimum Gasteiger partial charge on any atom is -0.373 e. The van der Waals surface area contributed by atoms with Crippen molar-refractivity contribution in [1.29, 1.82) is 0 Å². The standard InChI is InChI=1S/C17H32N4O/c1-12-6-4-5-9-21(12)13(2)11-19-17(18-3)20-15-10-14-7-8-16(15)22-14/h12-16H,4-11H2,1-3H3,(H2,18,19,20). The van der Waals surface area contributed by atoms with Gasteiger partial charge in [-0.25, -0.2) is 0 Å². The summed E-state index contributed by atoms with van der Waals surface area (Å²) >= 11 is 0. The van der Waals surface area contributed by atoms with Gasteiger partial charge in [-0.1, -0.05) is 6.42 Å². The molecule has 0 radical (unpaired) electrons. The Morgan fingerprint density at radius 1 is 1.32 bits per heavy atom. The third kappa shape index (κ3) is 3.57. The van der Waals surface area contributed by atoms with E-state index >= 15 is 0 Å². The summed E-state index contributed by atoms with van der Waals surface area (Å²) < 4.78 is 5.91. The second-order valence-electron chi connectivity index (χ2n) is 7.25. The number of nitrogens with zero attached hydrogens (tertiary/aromatic N) is 2. The van der Waals surface area contributed by atoms with Crippen LogP contribution in [-0.4, -0.2) is 61.3 Å². The quantitative estimate of drug-likeness (QED) is 0.613. The summed E-state index contributed by atoms with van der Waals surface area (Å²) in [6.45, 7) is 6.86. The molecule has 5 nitrogen and oxygen atoms in total. The molecule has 0 aromatic heterocycles. The van der Waals surface area contributed by atoms with Crippen LogP contribution in [0.4, 0.5) is 0 Å². The highest BCUT2D eigenvalue weighted by atomic mass is 16.5. The maximum absolute atomic E-state index is 5.91. The molecule has 5 heteroatoms. The van der Waals surface area contributed by atoms with Crippen LogP contribution in [0.1, 0.15) is 52.4 Å². The first-order valence-corrected chi connectivity index (χ1v) is 9.05. The van der Waals surface area contributed by atoms with E-state index in [0.717, 1.165) is 18.9 Å². The van der Waals surface area contributed by atoms with Crippen LogP contribution in [0.5, 0.6) is 0 Å². The number of fused-ring (bicyclic) bond motifs is 2. The number of rotatable bonds is 4. The van der Waals surface area contributed by atoms with Gasteiger partial charge in [-0.05, 0) is 52.5 Å². The highest BCUT2D eigenvalue weighted by Crippen LogP contribution is 2.34. The van der Waals surface area contributed by atoms with Gasteiger partial charge in [-0.2, -0.15) is 0 Å². The molecular weight excluding hydrogens is 276 g/mol. The number of guanidine groups is 1. The van der Waals surface area contributed by atoms with Crippen molar-refractivity contribution in [3.05, 3.63) is 0 Å². The Balaban J connectivity index is 1.44. The van der Waals surface area contributed by atoms with Crippen molar-refractivity contribution < 1.29 is 4.74 Å². The zero-order chi connectivity index (χ0) is 15.5. The number of ether oxygens (including phenoxy) is 1. The predicted molar refractivity (Wildman–Crippen MR) is 90.3 cm³/mol. The Kier molecular flexibility index (Phi) is 5.24. The molecule has 0 aliphatic carbocycles. The van der Waals surface area contributed by atoms with E-state index in [2.05, 4.69) is 34.4 Å². The smallest absolute Gasteiger partial charge is 0.191 e. The summed E-state index contributed by atoms with van der Waals surface area (Å²) in [6.07, 6.45) is 8.48. The normalized spacial score (nSPS) is 37.3. The lowest BCUT2D eigenvalue weighted by Gasteiger charge is -2.38. The Hall–Kier alpha value is -0.810. The molecule has 0 saturated carbocycles. The van der Waals surface area contributed by atoms with Gasteiger partial charge in [0.2, 0.25) is 0 Å². The summed E-state index contributed by atoms with van der Waals surface area (Å²) in [4.78, 5) is 7.02. The molecule has 5 unspecified atom stereocenters. The van der Waals surface area contributed by atoms with Gasteiger partial charge in [0, 0.05) is 25.7 Å². The second kappa shape index (κ2) is 7.18. The molecule has 3 saturated heterocycles. The van der Waals surface area contributed by atoms with E-state index in [9.17, 15) is 0 Å². The molecule has 22 heavy (non-hydrogen) atoms. The number of aliphatic imine (C=N–C) groups is 1. The first kappa shape index (κ1) is 16.1. The third-order valence-electron chi connectivity index (χ3n) is 5.64. The maximum atomic E-state index is 5.91. The van der Waals surface area contributed by atoms with Crippen molar-refractivity contribution in [3.8, 4) is 0 Å². The van der Waals surface area contributed by atoms with Gasteiger partial charge in [0.15, 0.2) is 5.96 Å². The summed E-state index contributed by atoms with van der Waals surface area (Å²) in [5.74, 6) is 0.928. The van der Waals surface area contributed by atoms with Crippen LogP contribution in [0.2, 0.25) is 0 Å². The van der Waals surface area contributed by atoms with Gasteiger partial charge in [0.05, 0.1) is 18.2 Å². The molecular formula is C17H32N4O. The number of nitrogens with one attached hydrogen (secondary N) is 2. The fourth-order valence-electron chi connectivity index (χ4n) is 4.30. The highest BCUT2D eigenvalue weighted by molar-refractivity contribution is 5.80. The summed E-state index contributed by atoms with van der Waals surface area (Å²) in [5.41, 5.74) is 0. The van der Waals surface area contributed by atoms with E-state index in [4.69, 9.17) is 4.74 Å². The summed E-state index contributed by atoms with van der Waals surface area (Å²) in [6, 6.07) is 1.69. The second-order valence-corrected chi connectivity index (χ2v) is 7.25. The van der Waals surface area contributed by atoms with Crippen molar-refractivity contribution in [1.82, 2.24) is 15.5 Å². The van der Waals surface area contributed by atoms with Gasteiger partial charge in [-0.3, -0.25) is 9.89 Å². The number of likely N-dealkylation sites (tertiary alicyclic amines) is 1. The maximum Gasteiger partial charge on any atom is 0.191 e. The molecule has 3 rings (SSSR count). The average Bonchev–Trinajstić information content (AvgIpc) is 3.14. The van der Waals surface area contributed by atoms with E-state index < -0.39 is 0 Å². The van der Waals surface area contributed by atoms with Gasteiger partial charge >= 0.3 is 0 Å². The van der Waals surface area contributed by atoms with Crippen molar-refractivity contribution in [2.24, 2.45) is 4.99 Å². The molecule has 2 N–H and O–H groups in total. The number of piperidine rings is 1. The summed E-state index contributed by atoms with van der Waals surface area (Å²) in [7, 11) is 1.86. The van der Waals surface area contributed by atoms with Crippen molar-refractivity contribution in [2.45, 2.75) is 82.7 Å². The van der Waals surface area contributed by atoms with Crippen LogP contribution in [-0.2, 0) is 4.74 Å². The average molecular weight is 308 g/mol. The van der Waals surface area contributed by atoms with Crippen molar-refractivity contribution in [2.75, 3.05) is 20.1 Å². The Labute approximate surface area is 134 Å². The molecule has 3 aliphatic heterocycles. The molecule has 126 valence electrons. The minimum absolute atomic E-state index is 0.392. The number of hydrogen-bond donors (Lipinski definition) is 2. The van der Waals surface area contributed by atoms with Crippen molar-refractivity contribution in [3.63, 3.8) is 0 Å². The molecule has 0 aromatic carbocycles. The first-order valence-electron chi connectivity index (χ1n) is 9.05.